The maximum absolute atomic E-state index is 13.8. The fraction of sp³-hybridized carbons (Fsp3) is 0. The highest BCUT2D eigenvalue weighted by molar-refractivity contribution is 6.30. The first kappa shape index (κ1) is 23.7. The topological polar surface area (TPSA) is 161 Å². The Morgan fingerprint density at radius 2 is 1.31 bits per heavy atom. The molecule has 0 saturated heterocycles. The van der Waals surface area contributed by atoms with E-state index in [2.05, 4.69) is 0 Å². The van der Waals surface area contributed by atoms with Crippen LogP contribution in [0.3, 0.4) is 0 Å². The SMILES string of the molecule is O=C(O)c1ccccc1C(=O)N(C(=O)c1ccc([N+](=O)[O-])cc1[N+](=O)[O-])c1cccc2ccccc12. The maximum atomic E-state index is 13.8. The first-order valence-corrected chi connectivity index (χ1v) is 10.3. The second kappa shape index (κ2) is 9.43. The second-order valence-corrected chi connectivity index (χ2v) is 7.51. The van der Waals surface area contributed by atoms with Crippen LogP contribution in [-0.2, 0) is 0 Å². The molecular formula is C25H15N3O8. The van der Waals surface area contributed by atoms with E-state index in [1.165, 1.54) is 30.3 Å². The van der Waals surface area contributed by atoms with Gasteiger partial charge >= 0.3 is 5.97 Å². The third kappa shape index (κ3) is 4.23. The summed E-state index contributed by atoms with van der Waals surface area (Å²) in [5.74, 6) is -3.61. The molecule has 4 rings (SSSR count). The van der Waals surface area contributed by atoms with Gasteiger partial charge in [0.25, 0.3) is 23.2 Å². The quantitative estimate of drug-likeness (QED) is 0.230. The molecule has 36 heavy (non-hydrogen) atoms. The van der Waals surface area contributed by atoms with Crippen molar-refractivity contribution in [3.8, 4) is 0 Å². The summed E-state index contributed by atoms with van der Waals surface area (Å²) in [5, 5.41) is 33.5. The number of benzene rings is 4. The van der Waals surface area contributed by atoms with Crippen LogP contribution in [0, 0.1) is 20.2 Å². The van der Waals surface area contributed by atoms with E-state index in [0.29, 0.717) is 21.7 Å². The summed E-state index contributed by atoms with van der Waals surface area (Å²) in [6.07, 6.45) is 0. The van der Waals surface area contributed by atoms with Crippen LogP contribution in [0.15, 0.2) is 84.9 Å². The van der Waals surface area contributed by atoms with Gasteiger partial charge in [0.1, 0.15) is 5.56 Å². The Labute approximate surface area is 202 Å². The lowest BCUT2D eigenvalue weighted by Gasteiger charge is -2.23. The van der Waals surface area contributed by atoms with Crippen LogP contribution in [0.4, 0.5) is 17.1 Å². The lowest BCUT2D eigenvalue weighted by Crippen LogP contribution is -2.38. The van der Waals surface area contributed by atoms with Crippen molar-refractivity contribution >= 4 is 45.6 Å². The number of fused-ring (bicyclic) bond motifs is 1. The summed E-state index contributed by atoms with van der Waals surface area (Å²) < 4.78 is 0. The minimum atomic E-state index is -1.41. The molecule has 0 radical (unpaired) electrons. The molecule has 0 spiro atoms. The standard InChI is InChI=1S/C25H15N3O8/c29-23(18-9-3-4-10-19(18)25(31)32)26(21-11-5-7-15-6-1-2-8-17(15)21)24(30)20-13-12-16(27(33)34)14-22(20)28(35)36/h1-14H,(H,31,32). The third-order valence-electron chi connectivity index (χ3n) is 5.42. The van der Waals surface area contributed by atoms with Crippen molar-refractivity contribution < 1.29 is 29.3 Å². The molecule has 1 N–H and O–H groups in total. The molecule has 0 heterocycles. The average Bonchev–Trinajstić information content (AvgIpc) is 2.88. The lowest BCUT2D eigenvalue weighted by atomic mass is 10.0. The van der Waals surface area contributed by atoms with Gasteiger partial charge in [0.2, 0.25) is 0 Å². The number of non-ortho nitro benzene ring substituents is 1. The van der Waals surface area contributed by atoms with E-state index in [4.69, 9.17) is 0 Å². The molecule has 0 saturated carbocycles. The van der Waals surface area contributed by atoms with E-state index in [1.54, 1.807) is 36.4 Å². The number of nitrogens with zero attached hydrogens (tertiary/aromatic N) is 3. The number of carboxylic acid groups (broad SMARTS) is 1. The zero-order valence-corrected chi connectivity index (χ0v) is 18.2. The molecule has 0 aliphatic carbocycles. The van der Waals surface area contributed by atoms with Gasteiger partial charge in [-0.05, 0) is 29.7 Å². The number of carbonyl (C=O) groups excluding carboxylic acids is 2. The molecule has 0 aliphatic rings. The first-order chi connectivity index (χ1) is 17.2. The molecule has 0 fully saturated rings. The Bertz CT molecular complexity index is 1580. The monoisotopic (exact) mass is 485 g/mol. The molecule has 178 valence electrons. The number of imide groups is 1. The van der Waals surface area contributed by atoms with Crippen molar-refractivity contribution in [3.63, 3.8) is 0 Å². The summed E-state index contributed by atoms with van der Waals surface area (Å²) in [4.78, 5) is 61.0. The van der Waals surface area contributed by atoms with E-state index >= 15 is 0 Å². The summed E-state index contributed by atoms with van der Waals surface area (Å²) in [7, 11) is 0. The Morgan fingerprint density at radius 3 is 1.97 bits per heavy atom. The molecule has 11 nitrogen and oxygen atoms in total. The average molecular weight is 485 g/mol. The summed E-state index contributed by atoms with van der Waals surface area (Å²) >= 11 is 0. The van der Waals surface area contributed by atoms with Gasteiger partial charge in [0.15, 0.2) is 0 Å². The molecular weight excluding hydrogens is 470 g/mol. The summed E-state index contributed by atoms with van der Waals surface area (Å²) in [6.45, 7) is 0. The Kier molecular flexibility index (Phi) is 6.21. The van der Waals surface area contributed by atoms with Gasteiger partial charge in [-0.3, -0.25) is 29.8 Å². The van der Waals surface area contributed by atoms with Gasteiger partial charge in [0.05, 0.1) is 32.7 Å². The van der Waals surface area contributed by atoms with Gasteiger partial charge < -0.3 is 5.11 Å². The Balaban J connectivity index is 1.99. The number of aromatic carboxylic acids is 1. The van der Waals surface area contributed by atoms with Crippen LogP contribution in [0.1, 0.15) is 31.1 Å². The number of nitro groups is 2. The Hall–Kier alpha value is -5.45. The predicted molar refractivity (Wildman–Crippen MR) is 128 cm³/mol. The van der Waals surface area contributed by atoms with E-state index in [0.717, 1.165) is 12.1 Å². The summed E-state index contributed by atoms with van der Waals surface area (Å²) in [6, 6.07) is 19.2. The number of carbonyl (C=O) groups is 3. The number of anilines is 1. The van der Waals surface area contributed by atoms with Gasteiger partial charge in [-0.1, -0.05) is 48.5 Å². The zero-order chi connectivity index (χ0) is 26.0. The molecule has 0 unspecified atom stereocenters. The number of hydrogen-bond donors (Lipinski definition) is 1. The van der Waals surface area contributed by atoms with Gasteiger partial charge in [-0.25, -0.2) is 9.69 Å². The van der Waals surface area contributed by atoms with Crippen molar-refractivity contribution in [2.75, 3.05) is 4.90 Å². The van der Waals surface area contributed by atoms with Crippen molar-refractivity contribution in [3.05, 3.63) is 122 Å². The molecule has 0 aliphatic heterocycles. The highest BCUT2D eigenvalue weighted by Gasteiger charge is 2.34. The molecule has 11 heteroatoms. The third-order valence-corrected chi connectivity index (χ3v) is 5.42. The maximum Gasteiger partial charge on any atom is 0.336 e. The molecule has 0 atom stereocenters. The molecule has 4 aromatic rings. The molecule has 0 bridgehead atoms. The number of nitro benzene ring substituents is 2. The smallest absolute Gasteiger partial charge is 0.336 e. The van der Waals surface area contributed by atoms with Crippen LogP contribution in [0.2, 0.25) is 0 Å². The minimum absolute atomic E-state index is 0.0518. The van der Waals surface area contributed by atoms with Gasteiger partial charge in [-0.15, -0.1) is 0 Å². The van der Waals surface area contributed by atoms with Gasteiger partial charge in [-0.2, -0.15) is 0 Å². The highest BCUT2D eigenvalue weighted by atomic mass is 16.6. The highest BCUT2D eigenvalue weighted by Crippen LogP contribution is 2.33. The largest absolute Gasteiger partial charge is 0.478 e. The fourth-order valence-electron chi connectivity index (χ4n) is 3.78. The molecule has 2 amide bonds. The van der Waals surface area contributed by atoms with Crippen LogP contribution < -0.4 is 4.90 Å². The van der Waals surface area contributed by atoms with Crippen LogP contribution in [-0.4, -0.2) is 32.7 Å². The van der Waals surface area contributed by atoms with Crippen LogP contribution >= 0.6 is 0 Å². The number of rotatable bonds is 6. The van der Waals surface area contributed by atoms with Gasteiger partial charge in [0, 0.05) is 11.5 Å². The van der Waals surface area contributed by atoms with Crippen LogP contribution in [0.25, 0.3) is 10.8 Å². The Morgan fingerprint density at radius 1 is 0.694 bits per heavy atom. The van der Waals surface area contributed by atoms with E-state index in [1.807, 2.05) is 0 Å². The van der Waals surface area contributed by atoms with E-state index < -0.39 is 44.6 Å². The summed E-state index contributed by atoms with van der Waals surface area (Å²) in [5.41, 5.74) is -2.72. The lowest BCUT2D eigenvalue weighted by molar-refractivity contribution is -0.394. The molecule has 4 aromatic carbocycles. The minimum Gasteiger partial charge on any atom is -0.478 e. The van der Waals surface area contributed by atoms with E-state index in [-0.39, 0.29) is 16.8 Å². The number of carboxylic acids is 1. The van der Waals surface area contributed by atoms with Crippen molar-refractivity contribution in [2.24, 2.45) is 0 Å². The first-order valence-electron chi connectivity index (χ1n) is 10.3. The van der Waals surface area contributed by atoms with Crippen molar-refractivity contribution in [1.29, 1.82) is 0 Å². The zero-order valence-electron chi connectivity index (χ0n) is 18.2. The van der Waals surface area contributed by atoms with Crippen LogP contribution in [0.5, 0.6) is 0 Å². The number of hydrogen-bond acceptors (Lipinski definition) is 7. The fourth-order valence-corrected chi connectivity index (χ4v) is 3.78. The van der Waals surface area contributed by atoms with Crippen molar-refractivity contribution in [2.45, 2.75) is 0 Å². The van der Waals surface area contributed by atoms with E-state index in [9.17, 15) is 39.7 Å². The van der Waals surface area contributed by atoms with Crippen molar-refractivity contribution in [1.82, 2.24) is 0 Å². The predicted octanol–water partition coefficient (Wildman–Crippen LogP) is 4.84. The normalized spacial score (nSPS) is 10.6. The molecule has 0 aromatic heterocycles. The second-order valence-electron chi connectivity index (χ2n) is 7.51. The number of amides is 2.